The molecule has 1 N–H and O–H groups in total. The van der Waals surface area contributed by atoms with Crippen molar-refractivity contribution in [3.8, 4) is 0 Å². The second-order valence-electron chi connectivity index (χ2n) is 6.81. The molecule has 7 nitrogen and oxygen atoms in total. The standard InChI is InChI=1S/C20H21FN4O3/c21-16-7-6-14(25-11-12-28-20(25)27)13-17(16)23-19(26)15-5-4-8-22-18(15)24-9-2-1-3-10-24/h4-8,13H,1-3,9-12H2,(H,23,26). The number of hydrogen-bond acceptors (Lipinski definition) is 5. The van der Waals surface area contributed by atoms with E-state index in [4.69, 9.17) is 4.74 Å². The first-order chi connectivity index (χ1) is 13.6. The van der Waals surface area contributed by atoms with E-state index in [0.29, 0.717) is 23.6 Å². The van der Waals surface area contributed by atoms with Gasteiger partial charge in [-0.15, -0.1) is 0 Å². The van der Waals surface area contributed by atoms with Crippen LogP contribution in [0.25, 0.3) is 0 Å². The number of carbonyl (C=O) groups excluding carboxylic acids is 2. The Bertz CT molecular complexity index is 899. The minimum atomic E-state index is -0.576. The van der Waals surface area contributed by atoms with Crippen molar-refractivity contribution in [1.82, 2.24) is 4.98 Å². The largest absolute Gasteiger partial charge is 0.447 e. The summed E-state index contributed by atoms with van der Waals surface area (Å²) < 4.78 is 19.2. The number of rotatable bonds is 4. The van der Waals surface area contributed by atoms with Crippen molar-refractivity contribution >= 4 is 29.2 Å². The van der Waals surface area contributed by atoms with Crippen molar-refractivity contribution in [3.63, 3.8) is 0 Å². The van der Waals surface area contributed by atoms with Gasteiger partial charge in [0.1, 0.15) is 18.2 Å². The van der Waals surface area contributed by atoms with Crippen LogP contribution in [0.5, 0.6) is 0 Å². The molecular weight excluding hydrogens is 363 g/mol. The second-order valence-corrected chi connectivity index (χ2v) is 6.81. The van der Waals surface area contributed by atoms with Gasteiger partial charge in [0.2, 0.25) is 0 Å². The molecule has 0 atom stereocenters. The van der Waals surface area contributed by atoms with Crippen molar-refractivity contribution in [2.75, 3.05) is 41.4 Å². The number of pyridine rings is 1. The zero-order valence-electron chi connectivity index (χ0n) is 15.4. The average molecular weight is 384 g/mol. The van der Waals surface area contributed by atoms with Crippen LogP contribution < -0.4 is 15.1 Å². The molecule has 0 spiro atoms. The van der Waals surface area contributed by atoms with Crippen molar-refractivity contribution in [2.45, 2.75) is 19.3 Å². The lowest BCUT2D eigenvalue weighted by Gasteiger charge is -2.29. The van der Waals surface area contributed by atoms with Crippen LogP contribution in [0.2, 0.25) is 0 Å². The van der Waals surface area contributed by atoms with Crippen LogP contribution in [-0.4, -0.2) is 43.2 Å². The molecule has 4 rings (SSSR count). The highest BCUT2D eigenvalue weighted by molar-refractivity contribution is 6.08. The van der Waals surface area contributed by atoms with E-state index in [1.54, 1.807) is 18.3 Å². The first kappa shape index (κ1) is 18.2. The number of aromatic nitrogens is 1. The number of ether oxygens (including phenoxy) is 1. The summed E-state index contributed by atoms with van der Waals surface area (Å²) in [5.41, 5.74) is 0.882. The highest BCUT2D eigenvalue weighted by Crippen LogP contribution is 2.27. The topological polar surface area (TPSA) is 74.8 Å². The SMILES string of the molecule is O=C(Nc1cc(N2CCOC2=O)ccc1F)c1cccnc1N1CCCCC1. The molecule has 2 aliphatic heterocycles. The second kappa shape index (κ2) is 7.84. The Hall–Kier alpha value is -3.16. The quantitative estimate of drug-likeness (QED) is 0.874. The lowest BCUT2D eigenvalue weighted by atomic mass is 10.1. The third-order valence-corrected chi connectivity index (χ3v) is 4.96. The fraction of sp³-hybridized carbons (Fsp3) is 0.350. The Balaban J connectivity index is 1.58. The monoisotopic (exact) mass is 384 g/mol. The van der Waals surface area contributed by atoms with Crippen LogP contribution in [-0.2, 0) is 4.74 Å². The molecule has 0 unspecified atom stereocenters. The van der Waals surface area contributed by atoms with Gasteiger partial charge in [-0.1, -0.05) is 0 Å². The summed E-state index contributed by atoms with van der Waals surface area (Å²) in [5, 5.41) is 2.63. The summed E-state index contributed by atoms with van der Waals surface area (Å²) in [6.07, 6.45) is 4.45. The molecule has 2 amide bonds. The van der Waals surface area contributed by atoms with Gasteiger partial charge in [0.15, 0.2) is 0 Å². The molecule has 8 heteroatoms. The van der Waals surface area contributed by atoms with Crippen LogP contribution in [0.4, 0.5) is 26.4 Å². The number of amides is 2. The molecule has 146 valence electrons. The summed E-state index contributed by atoms with van der Waals surface area (Å²) in [6.45, 7) is 2.36. The first-order valence-corrected chi connectivity index (χ1v) is 9.38. The molecule has 2 fully saturated rings. The molecule has 2 aromatic rings. The van der Waals surface area contributed by atoms with E-state index < -0.39 is 17.8 Å². The Morgan fingerprint density at radius 2 is 1.96 bits per heavy atom. The molecule has 0 aliphatic carbocycles. The maximum atomic E-state index is 14.3. The molecule has 1 aromatic heterocycles. The van der Waals surface area contributed by atoms with E-state index in [1.807, 2.05) is 0 Å². The smallest absolute Gasteiger partial charge is 0.414 e. The summed E-state index contributed by atoms with van der Waals surface area (Å²) >= 11 is 0. The van der Waals surface area contributed by atoms with E-state index in [1.165, 1.54) is 29.5 Å². The molecule has 1 aromatic carbocycles. The van der Waals surface area contributed by atoms with E-state index in [2.05, 4.69) is 15.2 Å². The summed E-state index contributed by atoms with van der Waals surface area (Å²) in [6, 6.07) is 7.53. The van der Waals surface area contributed by atoms with Gasteiger partial charge in [-0.3, -0.25) is 9.69 Å². The Morgan fingerprint density at radius 3 is 2.71 bits per heavy atom. The number of halogens is 1. The molecule has 0 radical (unpaired) electrons. The number of cyclic esters (lactones) is 1. The lowest BCUT2D eigenvalue weighted by molar-refractivity contribution is 0.102. The van der Waals surface area contributed by atoms with Gasteiger partial charge in [0, 0.05) is 25.0 Å². The number of anilines is 3. The Labute approximate surface area is 162 Å². The van der Waals surface area contributed by atoms with E-state index in [9.17, 15) is 14.0 Å². The predicted octanol–water partition coefficient (Wildman–Crippen LogP) is 3.42. The predicted molar refractivity (Wildman–Crippen MR) is 103 cm³/mol. The number of piperidine rings is 1. The zero-order valence-corrected chi connectivity index (χ0v) is 15.4. The molecule has 0 bridgehead atoms. The van der Waals surface area contributed by atoms with E-state index in [0.717, 1.165) is 25.9 Å². The summed E-state index contributed by atoms with van der Waals surface area (Å²) in [7, 11) is 0. The van der Waals surface area contributed by atoms with Crippen LogP contribution in [0, 0.1) is 5.82 Å². The summed E-state index contributed by atoms with van der Waals surface area (Å²) in [5.74, 6) is -0.402. The number of hydrogen-bond donors (Lipinski definition) is 1. The minimum absolute atomic E-state index is 0.00986. The number of nitrogens with one attached hydrogen (secondary N) is 1. The normalized spacial score (nSPS) is 16.8. The Kier molecular flexibility index (Phi) is 5.10. The highest BCUT2D eigenvalue weighted by atomic mass is 19.1. The van der Waals surface area contributed by atoms with Crippen LogP contribution in [0.1, 0.15) is 29.6 Å². The van der Waals surface area contributed by atoms with Crippen LogP contribution in [0.3, 0.4) is 0 Å². The van der Waals surface area contributed by atoms with Gasteiger partial charge in [0.25, 0.3) is 5.91 Å². The van der Waals surface area contributed by atoms with Gasteiger partial charge >= 0.3 is 6.09 Å². The minimum Gasteiger partial charge on any atom is -0.447 e. The van der Waals surface area contributed by atoms with Crippen molar-refractivity contribution < 1.29 is 18.7 Å². The molecule has 2 aliphatic rings. The zero-order chi connectivity index (χ0) is 19.5. The number of nitrogens with zero attached hydrogens (tertiary/aromatic N) is 3. The first-order valence-electron chi connectivity index (χ1n) is 9.38. The van der Waals surface area contributed by atoms with Gasteiger partial charge in [-0.2, -0.15) is 0 Å². The fourth-order valence-corrected chi connectivity index (χ4v) is 3.53. The number of benzene rings is 1. The van der Waals surface area contributed by atoms with Gasteiger partial charge in [-0.25, -0.2) is 14.2 Å². The van der Waals surface area contributed by atoms with Crippen molar-refractivity contribution in [3.05, 3.63) is 47.9 Å². The maximum absolute atomic E-state index is 14.3. The molecule has 2 saturated heterocycles. The highest BCUT2D eigenvalue weighted by Gasteiger charge is 2.25. The van der Waals surface area contributed by atoms with Crippen LogP contribution in [0.15, 0.2) is 36.5 Å². The van der Waals surface area contributed by atoms with Crippen molar-refractivity contribution in [1.29, 1.82) is 0 Å². The lowest BCUT2D eigenvalue weighted by Crippen LogP contribution is -2.32. The molecule has 0 saturated carbocycles. The number of carbonyl (C=O) groups is 2. The van der Waals surface area contributed by atoms with Gasteiger partial charge in [0.05, 0.1) is 17.8 Å². The van der Waals surface area contributed by atoms with E-state index in [-0.39, 0.29) is 12.3 Å². The third-order valence-electron chi connectivity index (χ3n) is 4.96. The third kappa shape index (κ3) is 3.62. The van der Waals surface area contributed by atoms with E-state index >= 15 is 0 Å². The van der Waals surface area contributed by atoms with Crippen molar-refractivity contribution in [2.24, 2.45) is 0 Å². The van der Waals surface area contributed by atoms with Gasteiger partial charge < -0.3 is 15.0 Å². The summed E-state index contributed by atoms with van der Waals surface area (Å²) in [4.78, 5) is 32.5. The molecule has 28 heavy (non-hydrogen) atoms. The maximum Gasteiger partial charge on any atom is 0.414 e. The van der Waals surface area contributed by atoms with Crippen LogP contribution >= 0.6 is 0 Å². The average Bonchev–Trinajstić information content (AvgIpc) is 3.16. The molecule has 3 heterocycles. The Morgan fingerprint density at radius 1 is 1.14 bits per heavy atom. The molecular formula is C20H21FN4O3. The fourth-order valence-electron chi connectivity index (χ4n) is 3.53. The van der Waals surface area contributed by atoms with Gasteiger partial charge in [-0.05, 0) is 49.6 Å².